The molecular formula is C13H12BrN3O2. The van der Waals surface area contributed by atoms with Crippen LogP contribution >= 0.6 is 15.9 Å². The summed E-state index contributed by atoms with van der Waals surface area (Å²) in [7, 11) is 0. The summed E-state index contributed by atoms with van der Waals surface area (Å²) in [4.78, 5) is 19.1. The average Bonchev–Trinajstić information content (AvgIpc) is 2.37. The summed E-state index contributed by atoms with van der Waals surface area (Å²) in [5.74, 6) is -0.190. The summed E-state index contributed by atoms with van der Waals surface area (Å²) in [6, 6.07) is 7.72. The molecule has 19 heavy (non-hydrogen) atoms. The van der Waals surface area contributed by atoms with E-state index in [0.717, 1.165) is 10.0 Å². The van der Waals surface area contributed by atoms with Crippen LogP contribution in [0.15, 0.2) is 34.9 Å². The zero-order valence-corrected chi connectivity index (χ0v) is 11.8. The average molecular weight is 322 g/mol. The molecule has 1 aromatic carbocycles. The molecule has 98 valence electrons. The van der Waals surface area contributed by atoms with Crippen LogP contribution in [0.25, 0.3) is 0 Å². The van der Waals surface area contributed by atoms with Crippen molar-refractivity contribution in [3.05, 3.63) is 51.9 Å². The van der Waals surface area contributed by atoms with E-state index in [1.807, 2.05) is 24.3 Å². The molecule has 0 amide bonds. The predicted molar refractivity (Wildman–Crippen MR) is 75.2 cm³/mol. The van der Waals surface area contributed by atoms with E-state index >= 15 is 0 Å². The second-order valence-corrected chi connectivity index (χ2v) is 4.78. The molecule has 0 aliphatic heterocycles. The number of hydrogen-bond donors (Lipinski definition) is 2. The number of aromatic nitrogens is 2. The van der Waals surface area contributed by atoms with Crippen molar-refractivity contribution in [1.29, 1.82) is 0 Å². The van der Waals surface area contributed by atoms with Gasteiger partial charge in [0.1, 0.15) is 17.2 Å². The maximum Gasteiger partial charge on any atom is 0.341 e. The number of nitrogens with zero attached hydrogens (tertiary/aromatic N) is 2. The molecule has 0 fully saturated rings. The lowest BCUT2D eigenvalue weighted by atomic mass is 10.2. The number of carboxylic acids is 1. The minimum atomic E-state index is -1.05. The number of benzene rings is 1. The molecule has 0 saturated heterocycles. The monoisotopic (exact) mass is 321 g/mol. The molecule has 2 N–H and O–H groups in total. The van der Waals surface area contributed by atoms with Gasteiger partial charge in [-0.15, -0.1) is 0 Å². The Labute approximate surface area is 118 Å². The summed E-state index contributed by atoms with van der Waals surface area (Å²) in [6.07, 6.45) is 1.31. The molecule has 2 aromatic rings. The predicted octanol–water partition coefficient (Wildman–Crippen LogP) is 2.86. The van der Waals surface area contributed by atoms with Crippen molar-refractivity contribution in [2.45, 2.75) is 13.5 Å². The lowest BCUT2D eigenvalue weighted by Crippen LogP contribution is -2.10. The fourth-order valence-electron chi connectivity index (χ4n) is 1.58. The summed E-state index contributed by atoms with van der Waals surface area (Å²) >= 11 is 3.44. The van der Waals surface area contributed by atoms with Gasteiger partial charge < -0.3 is 10.4 Å². The Balaban J connectivity index is 2.22. The SMILES string of the molecule is Cc1ncc(C(=O)O)c(NCc2ccccc2Br)n1. The van der Waals surface area contributed by atoms with Crippen molar-refractivity contribution in [3.63, 3.8) is 0 Å². The topological polar surface area (TPSA) is 75.1 Å². The first-order chi connectivity index (χ1) is 9.08. The van der Waals surface area contributed by atoms with E-state index in [1.165, 1.54) is 6.20 Å². The maximum atomic E-state index is 11.1. The molecule has 2 rings (SSSR count). The molecule has 0 radical (unpaired) electrons. The zero-order chi connectivity index (χ0) is 13.8. The second kappa shape index (κ2) is 5.79. The third-order valence-corrected chi connectivity index (χ3v) is 3.32. The molecule has 0 aliphatic carbocycles. The highest BCUT2D eigenvalue weighted by atomic mass is 79.9. The van der Waals surface area contributed by atoms with E-state index in [4.69, 9.17) is 5.11 Å². The van der Waals surface area contributed by atoms with Crippen molar-refractivity contribution in [1.82, 2.24) is 9.97 Å². The first kappa shape index (κ1) is 13.5. The van der Waals surface area contributed by atoms with Gasteiger partial charge in [0.15, 0.2) is 0 Å². The molecule has 0 aliphatic rings. The molecule has 5 nitrogen and oxygen atoms in total. The van der Waals surface area contributed by atoms with Crippen molar-refractivity contribution in [2.24, 2.45) is 0 Å². The van der Waals surface area contributed by atoms with Crippen LogP contribution in [0.5, 0.6) is 0 Å². The van der Waals surface area contributed by atoms with Gasteiger partial charge in [0.05, 0.1) is 0 Å². The minimum absolute atomic E-state index is 0.0673. The third-order valence-electron chi connectivity index (χ3n) is 2.54. The van der Waals surface area contributed by atoms with Crippen LogP contribution < -0.4 is 5.32 Å². The standard InChI is InChI=1S/C13H12BrN3O2/c1-8-15-7-10(13(18)19)12(17-8)16-6-9-4-2-3-5-11(9)14/h2-5,7H,6H2,1H3,(H,18,19)(H,15,16,17). The molecule has 0 atom stereocenters. The Morgan fingerprint density at radius 1 is 1.42 bits per heavy atom. The van der Waals surface area contributed by atoms with Crippen molar-refractivity contribution in [2.75, 3.05) is 5.32 Å². The summed E-state index contributed by atoms with van der Waals surface area (Å²) < 4.78 is 0.963. The van der Waals surface area contributed by atoms with Crippen molar-refractivity contribution >= 4 is 27.7 Å². The van der Waals surface area contributed by atoms with Gasteiger partial charge in [0.25, 0.3) is 0 Å². The van der Waals surface area contributed by atoms with Gasteiger partial charge in [-0.2, -0.15) is 0 Å². The number of hydrogen-bond acceptors (Lipinski definition) is 4. The smallest absolute Gasteiger partial charge is 0.341 e. The maximum absolute atomic E-state index is 11.1. The summed E-state index contributed by atoms with van der Waals surface area (Å²) in [5.41, 5.74) is 1.09. The van der Waals surface area contributed by atoms with Crippen LogP contribution in [-0.2, 0) is 6.54 Å². The first-order valence-corrected chi connectivity index (χ1v) is 6.41. The lowest BCUT2D eigenvalue weighted by molar-refractivity contribution is 0.0697. The Morgan fingerprint density at radius 2 is 2.16 bits per heavy atom. The fourth-order valence-corrected chi connectivity index (χ4v) is 2.01. The first-order valence-electron chi connectivity index (χ1n) is 5.62. The molecule has 6 heteroatoms. The van der Waals surface area contributed by atoms with Crippen LogP contribution in [0.3, 0.4) is 0 Å². The molecule has 0 spiro atoms. The van der Waals surface area contributed by atoms with Crippen LogP contribution in [0, 0.1) is 6.92 Å². The normalized spacial score (nSPS) is 10.2. The molecule has 0 unspecified atom stereocenters. The zero-order valence-electron chi connectivity index (χ0n) is 10.2. The largest absolute Gasteiger partial charge is 0.477 e. The van der Waals surface area contributed by atoms with Gasteiger partial charge in [-0.3, -0.25) is 0 Å². The van der Waals surface area contributed by atoms with E-state index < -0.39 is 5.97 Å². The number of anilines is 1. The van der Waals surface area contributed by atoms with Gasteiger partial charge >= 0.3 is 5.97 Å². The molecular weight excluding hydrogens is 310 g/mol. The van der Waals surface area contributed by atoms with Gasteiger partial charge in [-0.1, -0.05) is 34.1 Å². The minimum Gasteiger partial charge on any atom is -0.477 e. The Morgan fingerprint density at radius 3 is 2.84 bits per heavy atom. The molecule has 1 aromatic heterocycles. The number of aryl methyl sites for hydroxylation is 1. The van der Waals surface area contributed by atoms with Crippen LogP contribution in [0.1, 0.15) is 21.7 Å². The van der Waals surface area contributed by atoms with Crippen molar-refractivity contribution < 1.29 is 9.90 Å². The highest BCUT2D eigenvalue weighted by molar-refractivity contribution is 9.10. The number of nitrogens with one attached hydrogen (secondary N) is 1. The lowest BCUT2D eigenvalue weighted by Gasteiger charge is -2.10. The Hall–Kier alpha value is -1.95. The van der Waals surface area contributed by atoms with Gasteiger partial charge in [-0.25, -0.2) is 14.8 Å². The van der Waals surface area contributed by atoms with Crippen LogP contribution in [-0.4, -0.2) is 21.0 Å². The Kier molecular flexibility index (Phi) is 4.11. The van der Waals surface area contributed by atoms with E-state index in [9.17, 15) is 4.79 Å². The highest BCUT2D eigenvalue weighted by Crippen LogP contribution is 2.18. The quantitative estimate of drug-likeness (QED) is 0.905. The fraction of sp³-hybridized carbons (Fsp3) is 0.154. The second-order valence-electron chi connectivity index (χ2n) is 3.93. The summed E-state index contributed by atoms with van der Waals surface area (Å²) in [6.45, 7) is 2.20. The van der Waals surface area contributed by atoms with E-state index in [0.29, 0.717) is 18.2 Å². The van der Waals surface area contributed by atoms with E-state index in [-0.39, 0.29) is 5.56 Å². The van der Waals surface area contributed by atoms with Gasteiger partial charge in [0, 0.05) is 17.2 Å². The number of halogens is 1. The number of aromatic carboxylic acids is 1. The number of rotatable bonds is 4. The van der Waals surface area contributed by atoms with E-state index in [2.05, 4.69) is 31.2 Å². The van der Waals surface area contributed by atoms with Gasteiger partial charge in [0.2, 0.25) is 0 Å². The Bertz CT molecular complexity index is 617. The van der Waals surface area contributed by atoms with Gasteiger partial charge in [-0.05, 0) is 18.6 Å². The number of carboxylic acid groups (broad SMARTS) is 1. The molecule has 0 bridgehead atoms. The molecule has 0 saturated carbocycles. The van der Waals surface area contributed by atoms with Crippen molar-refractivity contribution in [3.8, 4) is 0 Å². The third kappa shape index (κ3) is 3.29. The number of carbonyl (C=O) groups is 1. The van der Waals surface area contributed by atoms with Crippen LogP contribution in [0.4, 0.5) is 5.82 Å². The van der Waals surface area contributed by atoms with E-state index in [1.54, 1.807) is 6.92 Å². The molecule has 1 heterocycles. The summed E-state index contributed by atoms with van der Waals surface area (Å²) in [5, 5.41) is 12.1. The van der Waals surface area contributed by atoms with Crippen LogP contribution in [0.2, 0.25) is 0 Å². The highest BCUT2D eigenvalue weighted by Gasteiger charge is 2.12.